The highest BCUT2D eigenvalue weighted by Gasteiger charge is 2.07. The second kappa shape index (κ2) is 5.80. The molecule has 1 aromatic heterocycles. The molecule has 2 rings (SSSR count). The molecule has 2 aromatic rings. The average molecular weight is 279 g/mol. The monoisotopic (exact) mass is 278 g/mol. The van der Waals surface area contributed by atoms with Crippen LogP contribution in [0.25, 0.3) is 0 Å². The van der Waals surface area contributed by atoms with E-state index in [1.54, 1.807) is 18.2 Å². The molecule has 0 spiro atoms. The van der Waals surface area contributed by atoms with Crippen molar-refractivity contribution in [3.63, 3.8) is 0 Å². The van der Waals surface area contributed by atoms with Crippen LogP contribution in [0.2, 0.25) is 5.02 Å². The zero-order valence-corrected chi connectivity index (χ0v) is 11.3. The molecule has 0 unspecified atom stereocenters. The smallest absolute Gasteiger partial charge is 0.248 e. The molecule has 5 heteroatoms. The number of hydrogen-bond acceptors (Lipinski definition) is 3. The van der Waals surface area contributed by atoms with Gasteiger partial charge in [0.2, 0.25) is 5.91 Å². The van der Waals surface area contributed by atoms with Crippen LogP contribution in [0.1, 0.15) is 28.8 Å². The highest BCUT2D eigenvalue weighted by atomic mass is 35.5. The molecule has 0 saturated heterocycles. The van der Waals surface area contributed by atoms with Crippen molar-refractivity contribution in [1.82, 2.24) is 0 Å². The number of rotatable bonds is 5. The fourth-order valence-corrected chi connectivity index (χ4v) is 1.89. The Balaban J connectivity index is 2.10. The topological polar surface area (TPSA) is 68.3 Å². The third-order valence-electron chi connectivity index (χ3n) is 2.77. The van der Waals surface area contributed by atoms with E-state index in [1.165, 1.54) is 0 Å². The van der Waals surface area contributed by atoms with Crippen molar-refractivity contribution in [2.75, 3.05) is 5.32 Å². The fraction of sp³-hybridized carbons (Fsp3) is 0.214. The molecule has 0 bridgehead atoms. The second-order valence-corrected chi connectivity index (χ2v) is 4.54. The lowest BCUT2D eigenvalue weighted by Crippen LogP contribution is -2.11. The molecule has 1 heterocycles. The van der Waals surface area contributed by atoms with E-state index in [4.69, 9.17) is 21.8 Å². The standard InChI is InChI=1S/C14H15ClN2O2/c1-2-10-4-5-11(19-10)8-17-13-7-9(14(16)18)3-6-12(13)15/h3-7,17H,2,8H2,1H3,(H2,16,18). The van der Waals surface area contributed by atoms with Crippen molar-refractivity contribution in [2.45, 2.75) is 19.9 Å². The summed E-state index contributed by atoms with van der Waals surface area (Å²) in [5.41, 5.74) is 6.31. The van der Waals surface area contributed by atoms with E-state index in [2.05, 4.69) is 5.32 Å². The summed E-state index contributed by atoms with van der Waals surface area (Å²) in [6, 6.07) is 8.73. The SMILES string of the molecule is CCc1ccc(CNc2cc(C(N)=O)ccc2Cl)o1. The van der Waals surface area contributed by atoms with Gasteiger partial charge in [0, 0.05) is 12.0 Å². The number of carbonyl (C=O) groups excluding carboxylic acids is 1. The van der Waals surface area contributed by atoms with Crippen LogP contribution in [0, 0.1) is 0 Å². The first-order valence-electron chi connectivity index (χ1n) is 6.01. The average Bonchev–Trinajstić information content (AvgIpc) is 2.85. The molecule has 19 heavy (non-hydrogen) atoms. The molecule has 0 radical (unpaired) electrons. The lowest BCUT2D eigenvalue weighted by atomic mass is 10.2. The molecule has 100 valence electrons. The third kappa shape index (κ3) is 3.29. The lowest BCUT2D eigenvalue weighted by molar-refractivity contribution is 0.100. The molecular formula is C14H15ClN2O2. The van der Waals surface area contributed by atoms with Gasteiger partial charge in [0.25, 0.3) is 0 Å². The molecule has 0 aliphatic carbocycles. The fourth-order valence-electron chi connectivity index (χ4n) is 1.70. The Morgan fingerprint density at radius 2 is 2.05 bits per heavy atom. The predicted molar refractivity (Wildman–Crippen MR) is 75.4 cm³/mol. The summed E-state index contributed by atoms with van der Waals surface area (Å²) in [5.74, 6) is 1.28. The normalized spacial score (nSPS) is 10.4. The maximum Gasteiger partial charge on any atom is 0.248 e. The number of primary amides is 1. The Kier molecular flexibility index (Phi) is 4.12. The number of halogens is 1. The largest absolute Gasteiger partial charge is 0.464 e. The zero-order valence-electron chi connectivity index (χ0n) is 10.6. The van der Waals surface area contributed by atoms with Crippen LogP contribution in [-0.4, -0.2) is 5.91 Å². The second-order valence-electron chi connectivity index (χ2n) is 4.13. The zero-order chi connectivity index (χ0) is 13.8. The molecule has 0 fully saturated rings. The van der Waals surface area contributed by atoms with Crippen molar-refractivity contribution in [3.8, 4) is 0 Å². The minimum absolute atomic E-state index is 0.417. The molecule has 0 saturated carbocycles. The van der Waals surface area contributed by atoms with Gasteiger partial charge < -0.3 is 15.5 Å². The molecule has 0 aliphatic rings. The highest BCUT2D eigenvalue weighted by molar-refractivity contribution is 6.33. The summed E-state index contributed by atoms with van der Waals surface area (Å²) >= 11 is 6.05. The summed E-state index contributed by atoms with van der Waals surface area (Å²) in [6.07, 6.45) is 0.859. The van der Waals surface area contributed by atoms with Crippen LogP contribution in [0.15, 0.2) is 34.7 Å². The number of nitrogens with two attached hydrogens (primary N) is 1. The molecule has 0 aliphatic heterocycles. The van der Waals surface area contributed by atoms with Gasteiger partial charge in [0.1, 0.15) is 11.5 Å². The summed E-state index contributed by atoms with van der Waals surface area (Å²) in [7, 11) is 0. The van der Waals surface area contributed by atoms with Gasteiger partial charge in [0.05, 0.1) is 17.3 Å². The number of amides is 1. The van der Waals surface area contributed by atoms with Gasteiger partial charge in [-0.05, 0) is 30.3 Å². The van der Waals surface area contributed by atoms with E-state index in [-0.39, 0.29) is 0 Å². The number of anilines is 1. The molecule has 1 aromatic carbocycles. The minimum atomic E-state index is -0.481. The highest BCUT2D eigenvalue weighted by Crippen LogP contribution is 2.23. The van der Waals surface area contributed by atoms with Crippen LogP contribution in [0.5, 0.6) is 0 Å². The van der Waals surface area contributed by atoms with E-state index in [9.17, 15) is 4.79 Å². The number of aryl methyl sites for hydroxylation is 1. The van der Waals surface area contributed by atoms with Crippen LogP contribution >= 0.6 is 11.6 Å². The van der Waals surface area contributed by atoms with Crippen molar-refractivity contribution >= 4 is 23.2 Å². The number of benzene rings is 1. The maximum atomic E-state index is 11.1. The van der Waals surface area contributed by atoms with Gasteiger partial charge in [-0.1, -0.05) is 18.5 Å². The van der Waals surface area contributed by atoms with Crippen LogP contribution in [-0.2, 0) is 13.0 Å². The van der Waals surface area contributed by atoms with Gasteiger partial charge in [0.15, 0.2) is 0 Å². The summed E-state index contributed by atoms with van der Waals surface area (Å²) in [4.78, 5) is 11.1. The van der Waals surface area contributed by atoms with Crippen LogP contribution < -0.4 is 11.1 Å². The van der Waals surface area contributed by atoms with Gasteiger partial charge in [-0.25, -0.2) is 0 Å². The minimum Gasteiger partial charge on any atom is -0.464 e. The third-order valence-corrected chi connectivity index (χ3v) is 3.10. The number of furan rings is 1. The molecular weight excluding hydrogens is 264 g/mol. The molecule has 0 atom stereocenters. The van der Waals surface area contributed by atoms with Gasteiger partial charge in [-0.2, -0.15) is 0 Å². The summed E-state index contributed by atoms with van der Waals surface area (Å²) in [5, 5.41) is 3.66. The van der Waals surface area contributed by atoms with E-state index in [1.807, 2.05) is 19.1 Å². The Morgan fingerprint density at radius 1 is 1.32 bits per heavy atom. The van der Waals surface area contributed by atoms with Crippen LogP contribution in [0.3, 0.4) is 0 Å². The van der Waals surface area contributed by atoms with Gasteiger partial charge in [-0.15, -0.1) is 0 Å². The molecule has 3 N–H and O–H groups in total. The van der Waals surface area contributed by atoms with Crippen LogP contribution in [0.4, 0.5) is 5.69 Å². The Hall–Kier alpha value is -1.94. The lowest BCUT2D eigenvalue weighted by Gasteiger charge is -2.08. The number of hydrogen-bond donors (Lipinski definition) is 2. The Morgan fingerprint density at radius 3 is 2.68 bits per heavy atom. The number of nitrogens with one attached hydrogen (secondary N) is 1. The van der Waals surface area contributed by atoms with E-state index in [0.29, 0.717) is 22.8 Å². The first-order chi connectivity index (χ1) is 9.10. The van der Waals surface area contributed by atoms with Crippen molar-refractivity contribution in [2.24, 2.45) is 5.73 Å². The van der Waals surface area contributed by atoms with Gasteiger partial charge in [-0.3, -0.25) is 4.79 Å². The maximum absolute atomic E-state index is 11.1. The first kappa shape index (κ1) is 13.5. The predicted octanol–water partition coefficient (Wildman–Crippen LogP) is 3.21. The quantitative estimate of drug-likeness (QED) is 0.882. The Bertz CT molecular complexity index is 593. The number of carbonyl (C=O) groups is 1. The molecule has 1 amide bonds. The first-order valence-corrected chi connectivity index (χ1v) is 6.38. The van der Waals surface area contributed by atoms with Crippen molar-refractivity contribution < 1.29 is 9.21 Å². The van der Waals surface area contributed by atoms with Gasteiger partial charge >= 0.3 is 0 Å². The van der Waals surface area contributed by atoms with E-state index < -0.39 is 5.91 Å². The van der Waals surface area contributed by atoms with E-state index in [0.717, 1.165) is 17.9 Å². The van der Waals surface area contributed by atoms with Crippen molar-refractivity contribution in [1.29, 1.82) is 0 Å². The van der Waals surface area contributed by atoms with Crippen molar-refractivity contribution in [3.05, 3.63) is 52.4 Å². The molecule has 4 nitrogen and oxygen atoms in total. The summed E-state index contributed by atoms with van der Waals surface area (Å²) in [6.45, 7) is 2.53. The van der Waals surface area contributed by atoms with E-state index >= 15 is 0 Å². The Labute approximate surface area is 116 Å². The summed E-state index contributed by atoms with van der Waals surface area (Å²) < 4.78 is 5.57.